The molecule has 1 aromatic heterocycles. The summed E-state index contributed by atoms with van der Waals surface area (Å²) in [5, 5.41) is 4.34. The molecule has 0 saturated carbocycles. The molecule has 0 N–H and O–H groups in total. The van der Waals surface area contributed by atoms with Crippen molar-refractivity contribution in [3.63, 3.8) is 0 Å². The topological polar surface area (TPSA) is 44.1 Å². The summed E-state index contributed by atoms with van der Waals surface area (Å²) in [7, 11) is 0.579. The van der Waals surface area contributed by atoms with Crippen LogP contribution in [-0.2, 0) is 27.9 Å². The molecule has 2 aromatic carbocycles. The van der Waals surface area contributed by atoms with Crippen molar-refractivity contribution >= 4 is 10.8 Å². The van der Waals surface area contributed by atoms with Crippen molar-refractivity contribution < 1.29 is 8.95 Å². The van der Waals surface area contributed by atoms with E-state index in [9.17, 15) is 4.21 Å². The van der Waals surface area contributed by atoms with Crippen LogP contribution in [0.15, 0.2) is 71.9 Å². The molecule has 0 spiro atoms. The Balaban J connectivity index is 1.69. The molecular formula is C18H18N2O2S. The zero-order valence-corrected chi connectivity index (χ0v) is 13.7. The SMILES string of the molecule is COCc1ccc(S(=O)Cc2cnn(-c3ccccc3)c2)cc1. The molecule has 3 aromatic rings. The van der Waals surface area contributed by atoms with Crippen LogP contribution >= 0.6 is 0 Å². The summed E-state index contributed by atoms with van der Waals surface area (Å²) in [4.78, 5) is 0.817. The molecule has 0 aliphatic rings. The molecule has 4 nitrogen and oxygen atoms in total. The van der Waals surface area contributed by atoms with Crippen LogP contribution in [0.4, 0.5) is 0 Å². The Morgan fingerprint density at radius 1 is 1.04 bits per heavy atom. The predicted molar refractivity (Wildman–Crippen MR) is 90.8 cm³/mol. The Bertz CT molecular complexity index is 782. The van der Waals surface area contributed by atoms with Gasteiger partial charge in [-0.1, -0.05) is 30.3 Å². The Kier molecular flexibility index (Phi) is 5.00. The number of ether oxygens (including phenoxy) is 1. The normalized spacial score (nSPS) is 12.2. The van der Waals surface area contributed by atoms with Gasteiger partial charge in [0.2, 0.25) is 0 Å². The van der Waals surface area contributed by atoms with Crippen molar-refractivity contribution in [2.24, 2.45) is 0 Å². The molecule has 118 valence electrons. The zero-order valence-electron chi connectivity index (χ0n) is 12.9. The average molecular weight is 326 g/mol. The van der Waals surface area contributed by atoms with Gasteiger partial charge in [-0.05, 0) is 29.8 Å². The fourth-order valence-electron chi connectivity index (χ4n) is 2.30. The van der Waals surface area contributed by atoms with Gasteiger partial charge in [0.1, 0.15) is 0 Å². The van der Waals surface area contributed by atoms with E-state index in [1.165, 1.54) is 0 Å². The highest BCUT2D eigenvalue weighted by Crippen LogP contribution is 2.15. The fourth-order valence-corrected chi connectivity index (χ4v) is 3.35. The van der Waals surface area contributed by atoms with Crippen molar-refractivity contribution in [1.82, 2.24) is 9.78 Å². The minimum absolute atomic E-state index is 0.455. The first kappa shape index (κ1) is 15.6. The number of para-hydroxylation sites is 1. The maximum absolute atomic E-state index is 12.5. The third-order valence-electron chi connectivity index (χ3n) is 3.45. The second kappa shape index (κ2) is 7.35. The molecule has 1 unspecified atom stereocenters. The molecule has 23 heavy (non-hydrogen) atoms. The van der Waals surface area contributed by atoms with Crippen LogP contribution in [0.2, 0.25) is 0 Å². The smallest absolute Gasteiger partial charge is 0.0713 e. The van der Waals surface area contributed by atoms with E-state index in [4.69, 9.17) is 4.74 Å². The van der Waals surface area contributed by atoms with Crippen molar-refractivity contribution in [2.45, 2.75) is 17.3 Å². The lowest BCUT2D eigenvalue weighted by Gasteiger charge is -2.03. The van der Waals surface area contributed by atoms with E-state index in [0.717, 1.165) is 21.7 Å². The number of benzene rings is 2. The first-order valence-electron chi connectivity index (χ1n) is 7.31. The van der Waals surface area contributed by atoms with E-state index in [2.05, 4.69) is 5.10 Å². The minimum Gasteiger partial charge on any atom is -0.380 e. The summed E-state index contributed by atoms with van der Waals surface area (Å²) in [5.74, 6) is 0.455. The number of hydrogen-bond donors (Lipinski definition) is 0. The fraction of sp³-hybridized carbons (Fsp3) is 0.167. The number of hydrogen-bond acceptors (Lipinski definition) is 3. The summed E-state index contributed by atoms with van der Waals surface area (Å²) in [6.07, 6.45) is 3.69. The van der Waals surface area contributed by atoms with Crippen LogP contribution in [0.25, 0.3) is 5.69 Å². The molecular weight excluding hydrogens is 308 g/mol. The molecule has 0 fully saturated rings. The predicted octanol–water partition coefficient (Wildman–Crippen LogP) is 3.33. The highest BCUT2D eigenvalue weighted by Gasteiger charge is 2.08. The minimum atomic E-state index is -1.08. The monoisotopic (exact) mass is 326 g/mol. The summed E-state index contributed by atoms with van der Waals surface area (Å²) in [6.45, 7) is 0.566. The first-order chi connectivity index (χ1) is 11.3. The summed E-state index contributed by atoms with van der Waals surface area (Å²) in [5.41, 5.74) is 3.02. The van der Waals surface area contributed by atoms with E-state index < -0.39 is 10.8 Å². The van der Waals surface area contributed by atoms with Gasteiger partial charge in [0.25, 0.3) is 0 Å². The van der Waals surface area contributed by atoms with Crippen LogP contribution in [0, 0.1) is 0 Å². The Morgan fingerprint density at radius 3 is 2.48 bits per heavy atom. The third kappa shape index (κ3) is 3.94. The van der Waals surface area contributed by atoms with E-state index >= 15 is 0 Å². The highest BCUT2D eigenvalue weighted by molar-refractivity contribution is 7.84. The molecule has 0 amide bonds. The standard InChI is InChI=1S/C18H18N2O2S/c1-22-13-15-7-9-18(10-8-15)23(21)14-16-11-19-20(12-16)17-5-3-2-4-6-17/h2-12H,13-14H2,1H3. The Morgan fingerprint density at radius 2 is 1.78 bits per heavy atom. The molecule has 0 bridgehead atoms. The second-order valence-electron chi connectivity index (χ2n) is 5.20. The number of methoxy groups -OCH3 is 1. The third-order valence-corrected chi connectivity index (χ3v) is 4.85. The summed E-state index contributed by atoms with van der Waals surface area (Å²) < 4.78 is 19.4. The van der Waals surface area contributed by atoms with Gasteiger partial charge >= 0.3 is 0 Å². The molecule has 3 rings (SSSR count). The van der Waals surface area contributed by atoms with Gasteiger partial charge in [0.05, 0.1) is 35.0 Å². The number of nitrogens with zero attached hydrogens (tertiary/aromatic N) is 2. The molecule has 1 atom stereocenters. The summed E-state index contributed by atoms with van der Waals surface area (Å²) >= 11 is 0. The largest absolute Gasteiger partial charge is 0.380 e. The van der Waals surface area contributed by atoms with Crippen LogP contribution in [0.5, 0.6) is 0 Å². The number of rotatable bonds is 6. The van der Waals surface area contributed by atoms with E-state index in [0.29, 0.717) is 12.4 Å². The summed E-state index contributed by atoms with van der Waals surface area (Å²) in [6, 6.07) is 17.6. The lowest BCUT2D eigenvalue weighted by atomic mass is 10.2. The lowest BCUT2D eigenvalue weighted by molar-refractivity contribution is 0.185. The van der Waals surface area contributed by atoms with E-state index in [-0.39, 0.29) is 0 Å². The molecule has 5 heteroatoms. The average Bonchev–Trinajstić information content (AvgIpc) is 3.05. The van der Waals surface area contributed by atoms with Crippen LogP contribution in [0.3, 0.4) is 0 Å². The number of aromatic nitrogens is 2. The molecule has 0 aliphatic heterocycles. The zero-order chi connectivity index (χ0) is 16.1. The Labute approximate surface area is 138 Å². The Hall–Kier alpha value is -2.24. The van der Waals surface area contributed by atoms with Gasteiger partial charge in [0.15, 0.2) is 0 Å². The second-order valence-corrected chi connectivity index (χ2v) is 6.65. The van der Waals surface area contributed by atoms with Gasteiger partial charge in [-0.25, -0.2) is 4.68 Å². The van der Waals surface area contributed by atoms with Crippen molar-refractivity contribution in [3.8, 4) is 5.69 Å². The molecule has 1 heterocycles. The van der Waals surface area contributed by atoms with Crippen molar-refractivity contribution in [1.29, 1.82) is 0 Å². The van der Waals surface area contributed by atoms with Gasteiger partial charge in [-0.15, -0.1) is 0 Å². The maximum Gasteiger partial charge on any atom is 0.0713 e. The van der Waals surface area contributed by atoms with Crippen molar-refractivity contribution in [3.05, 3.63) is 78.1 Å². The van der Waals surface area contributed by atoms with E-state index in [1.54, 1.807) is 18.0 Å². The molecule has 0 saturated heterocycles. The van der Waals surface area contributed by atoms with Crippen LogP contribution < -0.4 is 0 Å². The van der Waals surface area contributed by atoms with Gasteiger partial charge < -0.3 is 4.74 Å². The van der Waals surface area contributed by atoms with Crippen LogP contribution in [0.1, 0.15) is 11.1 Å². The maximum atomic E-state index is 12.5. The molecule has 0 radical (unpaired) electrons. The quantitative estimate of drug-likeness (QED) is 0.698. The van der Waals surface area contributed by atoms with Gasteiger partial charge in [-0.3, -0.25) is 4.21 Å². The van der Waals surface area contributed by atoms with Gasteiger partial charge in [-0.2, -0.15) is 5.10 Å². The molecule has 0 aliphatic carbocycles. The van der Waals surface area contributed by atoms with Crippen LogP contribution in [-0.4, -0.2) is 21.1 Å². The van der Waals surface area contributed by atoms with Gasteiger partial charge in [0, 0.05) is 23.8 Å². The first-order valence-corrected chi connectivity index (χ1v) is 8.63. The lowest BCUT2D eigenvalue weighted by Crippen LogP contribution is -1.97. The highest BCUT2D eigenvalue weighted by atomic mass is 32.2. The van der Waals surface area contributed by atoms with E-state index in [1.807, 2.05) is 60.8 Å². The van der Waals surface area contributed by atoms with Crippen molar-refractivity contribution in [2.75, 3.05) is 7.11 Å².